The van der Waals surface area contributed by atoms with Crippen molar-refractivity contribution in [3.05, 3.63) is 76.2 Å². The van der Waals surface area contributed by atoms with Crippen LogP contribution in [0.15, 0.2) is 59.9 Å². The van der Waals surface area contributed by atoms with Crippen molar-refractivity contribution < 1.29 is 22.9 Å². The molecule has 3 aromatic rings. The van der Waals surface area contributed by atoms with Gasteiger partial charge in [-0.05, 0) is 36.0 Å². The van der Waals surface area contributed by atoms with Gasteiger partial charge in [-0.15, -0.1) is 0 Å². The normalized spacial score (nSPS) is 11.4. The van der Waals surface area contributed by atoms with Gasteiger partial charge in [0.25, 0.3) is 5.69 Å². The second-order valence-corrected chi connectivity index (χ2v) is 6.14. The van der Waals surface area contributed by atoms with Gasteiger partial charge in [0.1, 0.15) is 5.03 Å². The van der Waals surface area contributed by atoms with Crippen molar-refractivity contribution in [2.75, 3.05) is 0 Å². The summed E-state index contributed by atoms with van der Waals surface area (Å²) in [7, 11) is 0. The lowest BCUT2D eigenvalue weighted by Gasteiger charge is -2.12. The summed E-state index contributed by atoms with van der Waals surface area (Å²) in [6, 6.07) is 9.08. The Morgan fingerprint density at radius 3 is 2.41 bits per heavy atom. The first kappa shape index (κ1) is 18.6. The minimum atomic E-state index is -4.87. The van der Waals surface area contributed by atoms with E-state index >= 15 is 0 Å². The molecule has 3 rings (SSSR count). The van der Waals surface area contributed by atoms with E-state index in [1.165, 1.54) is 12.3 Å². The van der Waals surface area contributed by atoms with Crippen molar-refractivity contribution in [1.29, 1.82) is 0 Å². The van der Waals surface area contributed by atoms with Gasteiger partial charge in [-0.1, -0.05) is 6.07 Å². The number of hydrogen-bond acceptors (Lipinski definition) is 6. The summed E-state index contributed by atoms with van der Waals surface area (Å²) in [5.41, 5.74) is -2.22. The highest BCUT2D eigenvalue weighted by Gasteiger charge is 2.40. The summed E-state index contributed by atoms with van der Waals surface area (Å²) in [5, 5.41) is 13.7. The van der Waals surface area contributed by atoms with Gasteiger partial charge in [-0.2, -0.15) is 18.3 Å². The van der Waals surface area contributed by atoms with Gasteiger partial charge in [0.15, 0.2) is 5.69 Å². The number of thioether (sulfide) groups is 1. The number of carbonyl (C=O) groups is 1. The molecular weight excluding hydrogens is 385 g/mol. The van der Waals surface area contributed by atoms with Crippen LogP contribution in [0.4, 0.5) is 18.9 Å². The fraction of sp³-hybridized carbons (Fsp3) is 0.0625. The van der Waals surface area contributed by atoms with E-state index in [1.807, 2.05) is 0 Å². The third-order valence-corrected chi connectivity index (χ3v) is 4.25. The average Bonchev–Trinajstić information content (AvgIpc) is 3.08. The number of nitro groups is 1. The van der Waals surface area contributed by atoms with Gasteiger partial charge in [-0.25, -0.2) is 9.67 Å². The Balaban J connectivity index is 2.01. The Morgan fingerprint density at radius 2 is 1.85 bits per heavy atom. The Kier molecular flexibility index (Phi) is 4.95. The molecular formula is C16H9F3N4O3S. The number of halogens is 3. The van der Waals surface area contributed by atoms with E-state index in [4.69, 9.17) is 0 Å². The molecule has 0 unspecified atom stereocenters. The lowest BCUT2D eigenvalue weighted by Crippen LogP contribution is -2.16. The van der Waals surface area contributed by atoms with Crippen LogP contribution in [0.2, 0.25) is 0 Å². The molecule has 0 N–H and O–H groups in total. The lowest BCUT2D eigenvalue weighted by atomic mass is 10.2. The second kappa shape index (κ2) is 7.19. The van der Waals surface area contributed by atoms with Crippen molar-refractivity contribution in [1.82, 2.24) is 14.8 Å². The number of benzene rings is 1. The predicted octanol–water partition coefficient (Wildman–Crippen LogP) is 4.13. The fourth-order valence-electron chi connectivity index (χ4n) is 2.24. The average molecular weight is 394 g/mol. The van der Waals surface area contributed by atoms with Gasteiger partial charge < -0.3 is 0 Å². The maximum absolute atomic E-state index is 13.6. The molecule has 0 saturated carbocycles. The first-order valence-electron chi connectivity index (χ1n) is 7.30. The molecule has 0 bridgehead atoms. The highest BCUT2D eigenvalue weighted by molar-refractivity contribution is 8.14. The predicted molar refractivity (Wildman–Crippen MR) is 89.6 cm³/mol. The molecule has 0 aliphatic carbocycles. The van der Waals surface area contributed by atoms with Crippen LogP contribution in [-0.2, 0) is 6.18 Å². The van der Waals surface area contributed by atoms with Gasteiger partial charge >= 0.3 is 6.18 Å². The van der Waals surface area contributed by atoms with Crippen molar-refractivity contribution in [3.63, 3.8) is 0 Å². The highest BCUT2D eigenvalue weighted by Crippen LogP contribution is 2.36. The molecule has 0 atom stereocenters. The maximum atomic E-state index is 13.6. The zero-order valence-electron chi connectivity index (χ0n) is 13.3. The van der Waals surface area contributed by atoms with Crippen LogP contribution >= 0.6 is 11.8 Å². The molecule has 0 amide bonds. The zero-order valence-corrected chi connectivity index (χ0v) is 14.1. The SMILES string of the molecule is O=C(Sc1ccccn1)c1cnn(-c2ccc([N+](=O)[O-])cc2)c1C(F)(F)F. The van der Waals surface area contributed by atoms with Crippen LogP contribution in [0, 0.1) is 10.1 Å². The van der Waals surface area contributed by atoms with E-state index in [0.29, 0.717) is 16.4 Å². The molecule has 138 valence electrons. The van der Waals surface area contributed by atoms with Gasteiger partial charge in [0, 0.05) is 18.3 Å². The molecule has 0 saturated heterocycles. The van der Waals surface area contributed by atoms with Crippen LogP contribution in [0.25, 0.3) is 5.69 Å². The van der Waals surface area contributed by atoms with Gasteiger partial charge in [0.2, 0.25) is 5.12 Å². The van der Waals surface area contributed by atoms with E-state index in [9.17, 15) is 28.1 Å². The molecule has 2 heterocycles. The van der Waals surface area contributed by atoms with Crippen molar-refractivity contribution in [2.45, 2.75) is 11.2 Å². The van der Waals surface area contributed by atoms with E-state index in [1.54, 1.807) is 12.1 Å². The maximum Gasteiger partial charge on any atom is 0.434 e. The largest absolute Gasteiger partial charge is 0.434 e. The molecule has 7 nitrogen and oxygen atoms in total. The zero-order chi connectivity index (χ0) is 19.6. The number of hydrogen-bond donors (Lipinski definition) is 0. The van der Waals surface area contributed by atoms with Gasteiger partial charge in [0.05, 0.1) is 22.4 Å². The highest BCUT2D eigenvalue weighted by atomic mass is 32.2. The van der Waals surface area contributed by atoms with E-state index in [-0.39, 0.29) is 16.4 Å². The van der Waals surface area contributed by atoms with Crippen LogP contribution < -0.4 is 0 Å². The van der Waals surface area contributed by atoms with Gasteiger partial charge in [-0.3, -0.25) is 14.9 Å². The molecule has 27 heavy (non-hydrogen) atoms. The summed E-state index contributed by atoms with van der Waals surface area (Å²) in [6.07, 6.45) is -2.63. The molecule has 11 heteroatoms. The number of nitro benzene ring substituents is 1. The minimum absolute atomic E-state index is 0.0604. The quantitative estimate of drug-likeness (QED) is 0.375. The van der Waals surface area contributed by atoms with E-state index in [0.717, 1.165) is 30.5 Å². The number of non-ortho nitro benzene ring substituents is 1. The summed E-state index contributed by atoms with van der Waals surface area (Å²) in [6.45, 7) is 0. The third-order valence-electron chi connectivity index (χ3n) is 3.40. The summed E-state index contributed by atoms with van der Waals surface area (Å²) < 4.78 is 41.3. The Labute approximate surface area is 154 Å². The van der Waals surface area contributed by atoms with Crippen LogP contribution in [-0.4, -0.2) is 24.8 Å². The molecule has 2 aromatic heterocycles. The Bertz CT molecular complexity index is 988. The fourth-order valence-corrected chi connectivity index (χ4v) is 2.95. The van der Waals surface area contributed by atoms with E-state index in [2.05, 4.69) is 10.1 Å². The van der Waals surface area contributed by atoms with Crippen LogP contribution in [0.3, 0.4) is 0 Å². The monoisotopic (exact) mass is 394 g/mol. The van der Waals surface area contributed by atoms with Crippen molar-refractivity contribution in [2.24, 2.45) is 0 Å². The Morgan fingerprint density at radius 1 is 1.15 bits per heavy atom. The topological polar surface area (TPSA) is 90.9 Å². The standard InChI is InChI=1S/C16H9F3N4O3S/c17-16(18,19)14-12(15(24)27-13-3-1-2-8-20-13)9-21-22(14)10-4-6-11(7-5-10)23(25)26/h1-9H. The molecule has 0 spiro atoms. The van der Waals surface area contributed by atoms with Crippen LogP contribution in [0.5, 0.6) is 0 Å². The van der Waals surface area contributed by atoms with Crippen LogP contribution in [0.1, 0.15) is 16.1 Å². The summed E-state index contributed by atoms with van der Waals surface area (Å²) in [5.74, 6) is 0. The van der Waals surface area contributed by atoms with E-state index < -0.39 is 27.5 Å². The molecule has 0 radical (unpaired) electrons. The number of alkyl halides is 3. The number of nitrogens with zero attached hydrogens (tertiary/aromatic N) is 4. The summed E-state index contributed by atoms with van der Waals surface area (Å²) >= 11 is 0.549. The lowest BCUT2D eigenvalue weighted by molar-refractivity contribution is -0.384. The number of aromatic nitrogens is 3. The summed E-state index contributed by atoms with van der Waals surface area (Å²) in [4.78, 5) is 26.3. The molecule has 1 aromatic carbocycles. The molecule has 0 aliphatic heterocycles. The smallest absolute Gasteiger partial charge is 0.281 e. The number of carbonyl (C=O) groups excluding carboxylic acids is 1. The molecule has 0 fully saturated rings. The van der Waals surface area contributed by atoms with Crippen molar-refractivity contribution >= 4 is 22.6 Å². The van der Waals surface area contributed by atoms with Crippen molar-refractivity contribution in [3.8, 4) is 5.69 Å². The first-order chi connectivity index (χ1) is 12.8. The second-order valence-electron chi connectivity index (χ2n) is 5.15. The number of rotatable bonds is 4. The number of pyridine rings is 1. The first-order valence-corrected chi connectivity index (χ1v) is 8.12. The third kappa shape index (κ3) is 3.97. The molecule has 0 aliphatic rings. The Hall–Kier alpha value is -3.21. The minimum Gasteiger partial charge on any atom is -0.281 e.